The molecule has 1 aliphatic heterocycles. The fourth-order valence-corrected chi connectivity index (χ4v) is 4.13. The van der Waals surface area contributed by atoms with Gasteiger partial charge in [0.1, 0.15) is 11.6 Å². The first-order valence-corrected chi connectivity index (χ1v) is 11.7. The van der Waals surface area contributed by atoms with Gasteiger partial charge in [-0.3, -0.25) is 9.78 Å². The van der Waals surface area contributed by atoms with Gasteiger partial charge in [0.05, 0.1) is 19.6 Å². The van der Waals surface area contributed by atoms with E-state index in [9.17, 15) is 4.79 Å². The number of aryl methyl sites for hydroxylation is 1. The van der Waals surface area contributed by atoms with Gasteiger partial charge >= 0.3 is 5.97 Å². The molecule has 2 aromatic heterocycles. The zero-order chi connectivity index (χ0) is 22.9. The van der Waals surface area contributed by atoms with Crippen molar-refractivity contribution in [2.45, 2.75) is 44.9 Å². The first-order valence-electron chi connectivity index (χ1n) is 11.7. The molecule has 0 bridgehead atoms. The van der Waals surface area contributed by atoms with Crippen LogP contribution >= 0.6 is 0 Å². The van der Waals surface area contributed by atoms with Crippen molar-refractivity contribution in [3.8, 4) is 5.75 Å². The molecule has 3 heterocycles. The number of carbonyl (C=O) groups excluding carboxylic acids is 1. The van der Waals surface area contributed by atoms with Crippen LogP contribution in [0, 0.1) is 0 Å². The van der Waals surface area contributed by atoms with E-state index < -0.39 is 0 Å². The molecular formula is C27H31N3O3. The molecule has 0 aliphatic carbocycles. The summed E-state index contributed by atoms with van der Waals surface area (Å²) in [4.78, 5) is 21.1. The monoisotopic (exact) mass is 445 g/mol. The lowest BCUT2D eigenvalue weighted by Crippen LogP contribution is -2.14. The Morgan fingerprint density at radius 1 is 1.15 bits per heavy atom. The normalized spacial score (nSPS) is 13.5. The number of fused-ring (bicyclic) bond motifs is 1. The molecular weight excluding hydrogens is 414 g/mol. The third-order valence-electron chi connectivity index (χ3n) is 5.86. The van der Waals surface area contributed by atoms with E-state index in [1.165, 1.54) is 12.0 Å². The maximum atomic E-state index is 12.1. The lowest BCUT2D eigenvalue weighted by molar-refractivity contribution is -0.143. The van der Waals surface area contributed by atoms with Crippen LogP contribution in [0.3, 0.4) is 0 Å². The number of pyridine rings is 2. The number of esters is 1. The van der Waals surface area contributed by atoms with E-state index in [1.807, 2.05) is 37.4 Å². The molecule has 0 saturated heterocycles. The molecule has 3 aromatic rings. The molecule has 33 heavy (non-hydrogen) atoms. The first-order chi connectivity index (χ1) is 16.2. The zero-order valence-electron chi connectivity index (χ0n) is 19.1. The Morgan fingerprint density at radius 3 is 2.82 bits per heavy atom. The highest BCUT2D eigenvalue weighted by atomic mass is 16.5. The maximum absolute atomic E-state index is 12.1. The van der Waals surface area contributed by atoms with Crippen molar-refractivity contribution in [3.05, 3.63) is 83.3 Å². The number of hydrogen-bond acceptors (Lipinski definition) is 6. The zero-order valence-corrected chi connectivity index (χ0v) is 19.1. The molecule has 0 spiro atoms. The van der Waals surface area contributed by atoms with Gasteiger partial charge in [0, 0.05) is 31.1 Å². The predicted octanol–water partition coefficient (Wildman–Crippen LogP) is 4.74. The topological polar surface area (TPSA) is 73.3 Å². The largest absolute Gasteiger partial charge is 0.493 e. The van der Waals surface area contributed by atoms with E-state index in [4.69, 9.17) is 14.5 Å². The minimum absolute atomic E-state index is 0.0215. The summed E-state index contributed by atoms with van der Waals surface area (Å²) in [5.74, 6) is 1.69. The van der Waals surface area contributed by atoms with Crippen molar-refractivity contribution < 1.29 is 14.3 Å². The molecule has 172 valence electrons. The van der Waals surface area contributed by atoms with Crippen molar-refractivity contribution in [1.29, 1.82) is 0 Å². The number of nitrogens with one attached hydrogen (secondary N) is 1. The third-order valence-corrected chi connectivity index (χ3v) is 5.86. The van der Waals surface area contributed by atoms with Gasteiger partial charge in [0.15, 0.2) is 0 Å². The van der Waals surface area contributed by atoms with Crippen molar-refractivity contribution in [1.82, 2.24) is 9.97 Å². The number of benzene rings is 1. The molecule has 1 atom stereocenters. The van der Waals surface area contributed by atoms with E-state index in [-0.39, 0.29) is 11.9 Å². The Kier molecular flexibility index (Phi) is 7.90. The lowest BCUT2D eigenvalue weighted by atomic mass is 9.90. The molecule has 1 N–H and O–H groups in total. The Bertz CT molecular complexity index is 1040. The van der Waals surface area contributed by atoms with Crippen LogP contribution in [0.5, 0.6) is 5.75 Å². The van der Waals surface area contributed by atoms with Crippen LogP contribution < -0.4 is 10.1 Å². The summed E-state index contributed by atoms with van der Waals surface area (Å²) >= 11 is 0. The van der Waals surface area contributed by atoms with Gasteiger partial charge < -0.3 is 14.8 Å². The highest BCUT2D eigenvalue weighted by Gasteiger charge is 2.18. The molecule has 1 unspecified atom stereocenters. The molecule has 1 aromatic carbocycles. The summed E-state index contributed by atoms with van der Waals surface area (Å²) in [6, 6.07) is 16.3. The number of ether oxygens (including phenoxy) is 2. The summed E-state index contributed by atoms with van der Waals surface area (Å²) in [5.41, 5.74) is 4.52. The van der Waals surface area contributed by atoms with Crippen LogP contribution in [0.15, 0.2) is 60.9 Å². The molecule has 0 radical (unpaired) electrons. The molecule has 0 amide bonds. The van der Waals surface area contributed by atoms with Crippen LogP contribution in [0.4, 0.5) is 5.82 Å². The Labute approximate surface area is 195 Å². The quantitative estimate of drug-likeness (QED) is 0.455. The second-order valence-corrected chi connectivity index (χ2v) is 8.28. The second kappa shape index (κ2) is 11.5. The van der Waals surface area contributed by atoms with E-state index in [0.29, 0.717) is 19.6 Å². The predicted molar refractivity (Wildman–Crippen MR) is 129 cm³/mol. The SMILES string of the molecule is CCOC(=O)CC(Cc1ccc(OCCc2ccc3c(n2)NCCC3)cc1)c1cccnc1. The van der Waals surface area contributed by atoms with E-state index in [1.54, 1.807) is 6.20 Å². The Morgan fingerprint density at radius 2 is 2.03 bits per heavy atom. The Balaban J connectivity index is 1.32. The molecule has 1 aliphatic rings. The van der Waals surface area contributed by atoms with Crippen LogP contribution in [0.1, 0.15) is 48.1 Å². The number of anilines is 1. The van der Waals surface area contributed by atoms with Crippen molar-refractivity contribution in [2.24, 2.45) is 0 Å². The highest BCUT2D eigenvalue weighted by molar-refractivity contribution is 5.70. The average Bonchev–Trinajstić information content (AvgIpc) is 2.85. The lowest BCUT2D eigenvalue weighted by Gasteiger charge is -2.17. The van der Waals surface area contributed by atoms with E-state index in [2.05, 4.69) is 34.6 Å². The van der Waals surface area contributed by atoms with Crippen LogP contribution in [0.25, 0.3) is 0 Å². The fraction of sp³-hybridized carbons (Fsp3) is 0.370. The van der Waals surface area contributed by atoms with Gasteiger partial charge in [0.2, 0.25) is 0 Å². The maximum Gasteiger partial charge on any atom is 0.306 e. The minimum atomic E-state index is -0.183. The van der Waals surface area contributed by atoms with E-state index in [0.717, 1.165) is 54.2 Å². The van der Waals surface area contributed by atoms with Gasteiger partial charge in [-0.25, -0.2) is 4.98 Å². The molecule has 0 fully saturated rings. The number of rotatable bonds is 10. The van der Waals surface area contributed by atoms with Crippen LogP contribution in [0.2, 0.25) is 0 Å². The van der Waals surface area contributed by atoms with Gasteiger partial charge in [0.25, 0.3) is 0 Å². The number of hydrogen-bond donors (Lipinski definition) is 1. The smallest absolute Gasteiger partial charge is 0.306 e. The molecule has 4 rings (SSSR count). The first kappa shape index (κ1) is 22.8. The van der Waals surface area contributed by atoms with Crippen molar-refractivity contribution >= 4 is 11.8 Å². The molecule has 0 saturated carbocycles. The standard InChI is InChI=1S/C27H31N3O3/c1-2-32-26(31)18-23(22-6-3-14-28-19-22)17-20-7-11-25(12-8-20)33-16-13-24-10-9-21-5-4-15-29-27(21)30-24/h3,6-12,14,19,23H,2,4-5,13,15-18H2,1H3,(H,29,30). The number of aromatic nitrogens is 2. The van der Waals surface area contributed by atoms with Gasteiger partial charge in [-0.15, -0.1) is 0 Å². The number of nitrogens with zero attached hydrogens (tertiary/aromatic N) is 2. The van der Waals surface area contributed by atoms with Crippen molar-refractivity contribution in [3.63, 3.8) is 0 Å². The summed E-state index contributed by atoms with van der Waals surface area (Å²) < 4.78 is 11.1. The average molecular weight is 446 g/mol. The van der Waals surface area contributed by atoms with Gasteiger partial charge in [-0.1, -0.05) is 24.3 Å². The second-order valence-electron chi connectivity index (χ2n) is 8.28. The van der Waals surface area contributed by atoms with Crippen LogP contribution in [-0.4, -0.2) is 35.7 Å². The fourth-order valence-electron chi connectivity index (χ4n) is 4.13. The summed E-state index contributed by atoms with van der Waals surface area (Å²) in [5, 5.41) is 3.38. The van der Waals surface area contributed by atoms with Gasteiger partial charge in [-0.05, 0) is 73.1 Å². The summed E-state index contributed by atoms with van der Waals surface area (Å²) in [6.07, 6.45) is 7.66. The minimum Gasteiger partial charge on any atom is -0.493 e. The van der Waals surface area contributed by atoms with Crippen molar-refractivity contribution in [2.75, 3.05) is 25.1 Å². The summed E-state index contributed by atoms with van der Waals surface area (Å²) in [7, 11) is 0. The number of carbonyl (C=O) groups is 1. The summed E-state index contributed by atoms with van der Waals surface area (Å²) in [6.45, 7) is 3.79. The Hall–Kier alpha value is -3.41. The van der Waals surface area contributed by atoms with Crippen LogP contribution in [-0.2, 0) is 28.8 Å². The third kappa shape index (κ3) is 6.54. The molecule has 6 heteroatoms. The highest BCUT2D eigenvalue weighted by Crippen LogP contribution is 2.26. The van der Waals surface area contributed by atoms with E-state index >= 15 is 0 Å². The molecule has 6 nitrogen and oxygen atoms in total. The van der Waals surface area contributed by atoms with Gasteiger partial charge in [-0.2, -0.15) is 0 Å².